The molecule has 1 aliphatic heterocycles. The van der Waals surface area contributed by atoms with E-state index >= 15 is 0 Å². The molecule has 24 heavy (non-hydrogen) atoms. The summed E-state index contributed by atoms with van der Waals surface area (Å²) in [6.45, 7) is 9.19. The van der Waals surface area contributed by atoms with Crippen LogP contribution in [0.15, 0.2) is 18.2 Å². The van der Waals surface area contributed by atoms with Gasteiger partial charge in [0.1, 0.15) is 0 Å². The highest BCUT2D eigenvalue weighted by Gasteiger charge is 2.29. The first-order valence-corrected chi connectivity index (χ1v) is 8.79. The molecule has 132 valence electrons. The number of hydrogen-bond donors (Lipinski definition) is 2. The lowest BCUT2D eigenvalue weighted by atomic mass is 9.99. The van der Waals surface area contributed by atoms with Crippen LogP contribution in [0.2, 0.25) is 0 Å². The maximum absolute atomic E-state index is 12.5. The fourth-order valence-electron chi connectivity index (χ4n) is 3.11. The Hall–Kier alpha value is -2.04. The summed E-state index contributed by atoms with van der Waals surface area (Å²) in [5.74, 6) is -0.0302. The Bertz CT molecular complexity index is 598. The Labute approximate surface area is 144 Å². The quantitative estimate of drug-likeness (QED) is 0.871. The van der Waals surface area contributed by atoms with E-state index < -0.39 is 0 Å². The molecule has 2 rings (SSSR count). The van der Waals surface area contributed by atoms with Gasteiger partial charge in [-0.05, 0) is 57.2 Å². The lowest BCUT2D eigenvalue weighted by Gasteiger charge is -2.26. The molecule has 2 N–H and O–H groups in total. The molecule has 5 heteroatoms. The predicted octanol–water partition coefficient (Wildman–Crippen LogP) is 3.06. The van der Waals surface area contributed by atoms with Crippen LogP contribution >= 0.6 is 0 Å². The van der Waals surface area contributed by atoms with Crippen molar-refractivity contribution in [2.24, 2.45) is 0 Å². The third kappa shape index (κ3) is 4.73. The molecule has 1 aliphatic rings. The van der Waals surface area contributed by atoms with E-state index in [9.17, 15) is 9.59 Å². The van der Waals surface area contributed by atoms with Crippen LogP contribution in [0.25, 0.3) is 0 Å². The Balaban J connectivity index is 1.91. The zero-order valence-electron chi connectivity index (χ0n) is 15.2. The Kier molecular flexibility index (Phi) is 6.23. The summed E-state index contributed by atoms with van der Waals surface area (Å²) in [5.41, 5.74) is 3.72. The van der Waals surface area contributed by atoms with E-state index in [-0.39, 0.29) is 24.0 Å². The average Bonchev–Trinajstić information content (AvgIpc) is 2.98. The number of rotatable bonds is 5. The van der Waals surface area contributed by atoms with Crippen molar-refractivity contribution in [3.05, 3.63) is 34.9 Å². The summed E-state index contributed by atoms with van der Waals surface area (Å²) >= 11 is 0. The number of carbonyl (C=O) groups is 2. The molecule has 1 aromatic carbocycles. The maximum Gasteiger partial charge on any atom is 0.317 e. The Morgan fingerprint density at radius 2 is 2.00 bits per heavy atom. The largest absolute Gasteiger partial charge is 0.354 e. The monoisotopic (exact) mass is 331 g/mol. The number of aryl methyl sites for hydroxylation is 2. The number of benzene rings is 1. The fourth-order valence-corrected chi connectivity index (χ4v) is 3.11. The number of carbonyl (C=O) groups excluding carboxylic acids is 2. The van der Waals surface area contributed by atoms with Crippen molar-refractivity contribution in [2.75, 3.05) is 13.1 Å². The van der Waals surface area contributed by atoms with Gasteiger partial charge in [0.05, 0.1) is 6.04 Å². The molecule has 1 aromatic rings. The summed E-state index contributed by atoms with van der Waals surface area (Å²) in [6, 6.07) is 6.61. The van der Waals surface area contributed by atoms with Crippen LogP contribution < -0.4 is 10.6 Å². The van der Waals surface area contributed by atoms with Crippen molar-refractivity contribution in [1.82, 2.24) is 15.5 Å². The molecule has 1 saturated heterocycles. The fraction of sp³-hybridized carbons (Fsp3) is 0.579. The van der Waals surface area contributed by atoms with E-state index in [2.05, 4.69) is 42.7 Å². The molecule has 1 unspecified atom stereocenters. The minimum absolute atomic E-state index is 0.0302. The van der Waals surface area contributed by atoms with Gasteiger partial charge in [-0.25, -0.2) is 4.79 Å². The van der Waals surface area contributed by atoms with Gasteiger partial charge in [0.25, 0.3) is 0 Å². The van der Waals surface area contributed by atoms with Crippen LogP contribution in [0.1, 0.15) is 55.8 Å². The van der Waals surface area contributed by atoms with Crippen LogP contribution in [0.3, 0.4) is 0 Å². The zero-order chi connectivity index (χ0) is 17.7. The normalized spacial score (nSPS) is 17.2. The van der Waals surface area contributed by atoms with E-state index in [1.54, 1.807) is 0 Å². The van der Waals surface area contributed by atoms with Gasteiger partial charge in [-0.15, -0.1) is 0 Å². The topological polar surface area (TPSA) is 61.4 Å². The molecule has 5 nitrogen and oxygen atoms in total. The molecule has 1 heterocycles. The molecule has 0 bridgehead atoms. The molecule has 3 amide bonds. The summed E-state index contributed by atoms with van der Waals surface area (Å²) < 4.78 is 0. The summed E-state index contributed by atoms with van der Waals surface area (Å²) in [7, 11) is 0. The molecule has 1 fully saturated rings. The molecular weight excluding hydrogens is 302 g/mol. The summed E-state index contributed by atoms with van der Waals surface area (Å²) in [4.78, 5) is 26.0. The van der Waals surface area contributed by atoms with Gasteiger partial charge in [-0.2, -0.15) is 0 Å². The smallest absolute Gasteiger partial charge is 0.317 e. The zero-order valence-corrected chi connectivity index (χ0v) is 15.2. The van der Waals surface area contributed by atoms with Crippen molar-refractivity contribution in [3.8, 4) is 0 Å². The van der Waals surface area contributed by atoms with Crippen molar-refractivity contribution in [2.45, 2.75) is 59.0 Å². The number of hydrogen-bond acceptors (Lipinski definition) is 2. The standard InChI is InChI=1S/C19H29N3O2/c1-13(2)21-18(23)9-10-20-19(24)22-11-5-6-17(22)16-8-7-14(3)15(4)12-16/h7-8,12-13,17H,5-6,9-11H2,1-4H3,(H,20,24)(H,21,23). The van der Waals surface area contributed by atoms with Gasteiger partial charge >= 0.3 is 6.03 Å². The number of nitrogens with one attached hydrogen (secondary N) is 2. The maximum atomic E-state index is 12.5. The predicted molar refractivity (Wildman–Crippen MR) is 95.9 cm³/mol. The van der Waals surface area contributed by atoms with Crippen LogP contribution in [-0.2, 0) is 4.79 Å². The van der Waals surface area contributed by atoms with E-state index in [0.29, 0.717) is 13.0 Å². The van der Waals surface area contributed by atoms with Gasteiger partial charge in [-0.1, -0.05) is 18.2 Å². The van der Waals surface area contributed by atoms with Crippen molar-refractivity contribution >= 4 is 11.9 Å². The third-order valence-electron chi connectivity index (χ3n) is 4.51. The first-order chi connectivity index (χ1) is 11.4. The third-order valence-corrected chi connectivity index (χ3v) is 4.51. The molecule has 0 aromatic heterocycles. The molecule has 0 aliphatic carbocycles. The second kappa shape index (κ2) is 8.18. The van der Waals surface area contributed by atoms with Crippen molar-refractivity contribution in [3.63, 3.8) is 0 Å². The van der Waals surface area contributed by atoms with Crippen LogP contribution in [0.5, 0.6) is 0 Å². The molecule has 0 spiro atoms. The highest BCUT2D eigenvalue weighted by molar-refractivity contribution is 5.78. The lowest BCUT2D eigenvalue weighted by Crippen LogP contribution is -2.41. The minimum Gasteiger partial charge on any atom is -0.354 e. The highest BCUT2D eigenvalue weighted by Crippen LogP contribution is 2.32. The van der Waals surface area contributed by atoms with Gasteiger partial charge < -0.3 is 15.5 Å². The first kappa shape index (κ1) is 18.3. The SMILES string of the molecule is Cc1ccc(C2CCCN2C(=O)NCCC(=O)NC(C)C)cc1C. The van der Waals surface area contributed by atoms with Gasteiger partial charge in [0.15, 0.2) is 0 Å². The van der Waals surface area contributed by atoms with Gasteiger partial charge in [0.2, 0.25) is 5.91 Å². The number of amides is 3. The van der Waals surface area contributed by atoms with Crippen molar-refractivity contribution < 1.29 is 9.59 Å². The number of likely N-dealkylation sites (tertiary alicyclic amines) is 1. The summed E-state index contributed by atoms with van der Waals surface area (Å²) in [6.07, 6.45) is 2.31. The first-order valence-electron chi connectivity index (χ1n) is 8.79. The molecule has 0 saturated carbocycles. The summed E-state index contributed by atoms with van der Waals surface area (Å²) in [5, 5.41) is 5.71. The number of nitrogens with zero attached hydrogens (tertiary/aromatic N) is 1. The van der Waals surface area contributed by atoms with E-state index in [1.165, 1.54) is 16.7 Å². The average molecular weight is 331 g/mol. The Morgan fingerprint density at radius 1 is 1.25 bits per heavy atom. The van der Waals surface area contributed by atoms with E-state index in [4.69, 9.17) is 0 Å². The van der Waals surface area contributed by atoms with Crippen LogP contribution in [0.4, 0.5) is 4.79 Å². The molecule has 1 atom stereocenters. The number of urea groups is 1. The van der Waals surface area contributed by atoms with Crippen LogP contribution in [0, 0.1) is 13.8 Å². The van der Waals surface area contributed by atoms with E-state index in [1.807, 2.05) is 18.7 Å². The molecular formula is C19H29N3O2. The molecule has 0 radical (unpaired) electrons. The second-order valence-electron chi connectivity index (χ2n) is 6.90. The Morgan fingerprint density at radius 3 is 2.67 bits per heavy atom. The highest BCUT2D eigenvalue weighted by atomic mass is 16.2. The van der Waals surface area contributed by atoms with Crippen molar-refractivity contribution in [1.29, 1.82) is 0 Å². The minimum atomic E-state index is -0.0759. The second-order valence-corrected chi connectivity index (χ2v) is 6.90. The van der Waals surface area contributed by atoms with Crippen LogP contribution in [-0.4, -0.2) is 36.0 Å². The van der Waals surface area contributed by atoms with Gasteiger partial charge in [0, 0.05) is 25.6 Å². The van der Waals surface area contributed by atoms with E-state index in [0.717, 1.165) is 19.4 Å². The lowest BCUT2D eigenvalue weighted by molar-refractivity contribution is -0.121. The van der Waals surface area contributed by atoms with Gasteiger partial charge in [-0.3, -0.25) is 4.79 Å².